The van der Waals surface area contributed by atoms with Crippen LogP contribution in [0.15, 0.2) is 36.4 Å². The van der Waals surface area contributed by atoms with Crippen molar-refractivity contribution in [2.24, 2.45) is 0 Å². The zero-order chi connectivity index (χ0) is 23.9. The third-order valence-electron chi connectivity index (χ3n) is 5.58. The van der Waals surface area contributed by atoms with E-state index in [1.54, 1.807) is 24.5 Å². The summed E-state index contributed by atoms with van der Waals surface area (Å²) in [6, 6.07) is 12.0. The van der Waals surface area contributed by atoms with Crippen molar-refractivity contribution in [2.75, 3.05) is 11.9 Å². The molecule has 8 heteroatoms. The summed E-state index contributed by atoms with van der Waals surface area (Å²) in [5.41, 5.74) is 0.197. The van der Waals surface area contributed by atoms with Crippen LogP contribution in [0.5, 0.6) is 5.75 Å². The highest BCUT2D eigenvalue weighted by Crippen LogP contribution is 2.39. The lowest BCUT2D eigenvalue weighted by Gasteiger charge is -2.36. The SMILES string of the molecule is CN(C(=O)OC(C)(C)C)c1ccc(-c2cc3ccc(O[Si](C)(C)C(C)(C)C)cc3s2)nn1. The number of rotatable bonds is 4. The molecule has 0 radical (unpaired) electrons. The van der Waals surface area contributed by atoms with Gasteiger partial charge in [-0.2, -0.15) is 0 Å². The monoisotopic (exact) mass is 471 g/mol. The number of thiophene rings is 1. The van der Waals surface area contributed by atoms with E-state index >= 15 is 0 Å². The predicted molar refractivity (Wildman–Crippen MR) is 135 cm³/mol. The van der Waals surface area contributed by atoms with Crippen LogP contribution in [0.25, 0.3) is 20.7 Å². The first kappa shape index (κ1) is 24.2. The van der Waals surface area contributed by atoms with E-state index in [1.165, 1.54) is 4.90 Å². The van der Waals surface area contributed by atoms with Crippen molar-refractivity contribution in [1.82, 2.24) is 10.2 Å². The van der Waals surface area contributed by atoms with Crippen LogP contribution < -0.4 is 9.33 Å². The van der Waals surface area contributed by atoms with Crippen LogP contribution in [0.3, 0.4) is 0 Å². The zero-order valence-corrected chi connectivity index (χ0v) is 22.3. The van der Waals surface area contributed by atoms with Gasteiger partial charge in [0.05, 0.1) is 4.88 Å². The van der Waals surface area contributed by atoms with Crippen LogP contribution in [-0.2, 0) is 4.74 Å². The van der Waals surface area contributed by atoms with Crippen LogP contribution in [0, 0.1) is 0 Å². The highest BCUT2D eigenvalue weighted by atomic mass is 32.1. The number of carbonyl (C=O) groups is 1. The van der Waals surface area contributed by atoms with Gasteiger partial charge < -0.3 is 9.16 Å². The summed E-state index contributed by atoms with van der Waals surface area (Å²) >= 11 is 1.65. The van der Waals surface area contributed by atoms with Gasteiger partial charge in [0.15, 0.2) is 5.82 Å². The molecule has 0 aliphatic carbocycles. The second kappa shape index (κ2) is 8.48. The molecule has 0 N–H and O–H groups in total. The molecule has 0 atom stereocenters. The van der Waals surface area contributed by atoms with Crippen LogP contribution in [0.4, 0.5) is 10.6 Å². The number of carbonyl (C=O) groups excluding carboxylic acids is 1. The maximum Gasteiger partial charge on any atom is 0.415 e. The molecule has 2 heterocycles. The Bertz CT molecular complexity index is 1110. The van der Waals surface area contributed by atoms with Gasteiger partial charge in [-0.05, 0) is 80.7 Å². The fourth-order valence-electron chi connectivity index (χ4n) is 2.71. The minimum absolute atomic E-state index is 0.145. The molecule has 3 aromatic rings. The second-order valence-corrected chi connectivity index (χ2v) is 16.3. The smallest absolute Gasteiger partial charge is 0.415 e. The van der Waals surface area contributed by atoms with Crippen LogP contribution >= 0.6 is 11.3 Å². The molecule has 0 saturated carbocycles. The number of fused-ring (bicyclic) bond motifs is 1. The Hall–Kier alpha value is -2.45. The summed E-state index contributed by atoms with van der Waals surface area (Å²) in [6.07, 6.45) is -0.462. The molecule has 0 fully saturated rings. The van der Waals surface area contributed by atoms with Crippen molar-refractivity contribution in [1.29, 1.82) is 0 Å². The zero-order valence-electron chi connectivity index (χ0n) is 20.4. The third kappa shape index (κ3) is 5.47. The first-order valence-corrected chi connectivity index (χ1v) is 14.4. The number of benzene rings is 1. The molecular weight excluding hydrogens is 438 g/mol. The van der Waals surface area contributed by atoms with E-state index < -0.39 is 20.0 Å². The average molecular weight is 472 g/mol. The minimum Gasteiger partial charge on any atom is -0.543 e. The molecule has 6 nitrogen and oxygen atoms in total. The van der Waals surface area contributed by atoms with E-state index in [4.69, 9.17) is 9.16 Å². The first-order valence-electron chi connectivity index (χ1n) is 10.7. The highest BCUT2D eigenvalue weighted by molar-refractivity contribution is 7.22. The lowest BCUT2D eigenvalue weighted by molar-refractivity contribution is 0.0588. The second-order valence-electron chi connectivity index (χ2n) is 10.5. The number of nitrogens with zero attached hydrogens (tertiary/aromatic N) is 3. The molecule has 32 heavy (non-hydrogen) atoms. The Morgan fingerprint density at radius 2 is 1.69 bits per heavy atom. The maximum absolute atomic E-state index is 12.3. The van der Waals surface area contributed by atoms with Gasteiger partial charge in [-0.25, -0.2) is 4.79 Å². The molecule has 0 bridgehead atoms. The molecule has 0 saturated heterocycles. The van der Waals surface area contributed by atoms with Gasteiger partial charge >= 0.3 is 6.09 Å². The molecule has 0 aliphatic heterocycles. The average Bonchev–Trinajstić information content (AvgIpc) is 3.08. The number of ether oxygens (including phenoxy) is 1. The van der Waals surface area contributed by atoms with Crippen molar-refractivity contribution in [3.05, 3.63) is 36.4 Å². The topological polar surface area (TPSA) is 64.6 Å². The van der Waals surface area contributed by atoms with Gasteiger partial charge in [-0.3, -0.25) is 4.90 Å². The van der Waals surface area contributed by atoms with Gasteiger partial charge in [-0.15, -0.1) is 21.5 Å². The number of anilines is 1. The summed E-state index contributed by atoms with van der Waals surface area (Å²) in [7, 11) is -0.266. The van der Waals surface area contributed by atoms with Crippen molar-refractivity contribution in [2.45, 2.75) is 65.3 Å². The van der Waals surface area contributed by atoms with E-state index in [-0.39, 0.29) is 5.04 Å². The number of hydrogen-bond donors (Lipinski definition) is 0. The minimum atomic E-state index is -1.89. The molecule has 2 aromatic heterocycles. The van der Waals surface area contributed by atoms with Crippen molar-refractivity contribution in [3.63, 3.8) is 0 Å². The Labute approximate surface area is 195 Å². The molecule has 172 valence electrons. The summed E-state index contributed by atoms with van der Waals surface area (Å²) in [6.45, 7) is 16.7. The normalized spacial score (nSPS) is 12.7. The van der Waals surface area contributed by atoms with Crippen LogP contribution in [0.2, 0.25) is 18.1 Å². The first-order chi connectivity index (χ1) is 14.7. The Kier molecular flexibility index (Phi) is 6.41. The number of amides is 1. The fraction of sp³-hybridized carbons (Fsp3) is 0.458. The lowest BCUT2D eigenvalue weighted by atomic mass is 10.2. The fourth-order valence-corrected chi connectivity index (χ4v) is 4.79. The van der Waals surface area contributed by atoms with E-state index in [2.05, 4.69) is 62.3 Å². The van der Waals surface area contributed by atoms with E-state index in [9.17, 15) is 4.79 Å². The lowest BCUT2D eigenvalue weighted by Crippen LogP contribution is -2.43. The molecule has 3 rings (SSSR count). The standard InChI is InChI=1S/C24H33N3O3SSi/c1-23(2,3)29-22(28)27(7)21-13-12-18(25-26-21)20-14-16-10-11-17(15-19(16)31-20)30-32(8,9)24(4,5)6/h10-15H,1-9H3. The van der Waals surface area contributed by atoms with E-state index in [0.29, 0.717) is 5.82 Å². The summed E-state index contributed by atoms with van der Waals surface area (Å²) < 4.78 is 13.0. The van der Waals surface area contributed by atoms with Gasteiger partial charge in [0.1, 0.15) is 17.0 Å². The largest absolute Gasteiger partial charge is 0.543 e. The Balaban J connectivity index is 1.80. The van der Waals surface area contributed by atoms with E-state index in [1.807, 2.05) is 32.9 Å². The maximum atomic E-state index is 12.3. The molecule has 0 spiro atoms. The molecule has 1 amide bonds. The van der Waals surface area contributed by atoms with Gasteiger partial charge in [-0.1, -0.05) is 20.8 Å². The summed E-state index contributed by atoms with van der Waals surface area (Å²) in [5.74, 6) is 1.35. The number of aromatic nitrogens is 2. The summed E-state index contributed by atoms with van der Waals surface area (Å²) in [5, 5.41) is 9.86. The van der Waals surface area contributed by atoms with Crippen molar-refractivity contribution < 1.29 is 14.0 Å². The van der Waals surface area contributed by atoms with Gasteiger partial charge in [0.2, 0.25) is 8.32 Å². The van der Waals surface area contributed by atoms with Crippen LogP contribution in [-0.4, -0.2) is 37.3 Å². The van der Waals surface area contributed by atoms with E-state index in [0.717, 1.165) is 26.4 Å². The highest BCUT2D eigenvalue weighted by Gasteiger charge is 2.39. The molecule has 0 aliphatic rings. The van der Waals surface area contributed by atoms with Gasteiger partial charge in [0, 0.05) is 11.7 Å². The molecule has 1 aromatic carbocycles. The quantitative estimate of drug-likeness (QED) is 0.379. The Morgan fingerprint density at radius 3 is 2.25 bits per heavy atom. The number of hydrogen-bond acceptors (Lipinski definition) is 6. The van der Waals surface area contributed by atoms with Crippen molar-refractivity contribution >= 4 is 41.7 Å². The summed E-state index contributed by atoms with van der Waals surface area (Å²) in [4.78, 5) is 14.6. The van der Waals surface area contributed by atoms with Crippen LogP contribution in [0.1, 0.15) is 41.5 Å². The Morgan fingerprint density at radius 1 is 1.00 bits per heavy atom. The third-order valence-corrected chi connectivity index (χ3v) is 11.1. The van der Waals surface area contributed by atoms with Gasteiger partial charge in [0.25, 0.3) is 0 Å². The van der Waals surface area contributed by atoms with Crippen molar-refractivity contribution in [3.8, 4) is 16.3 Å². The molecular formula is C24H33N3O3SSi. The molecule has 0 unspecified atom stereocenters. The predicted octanol–water partition coefficient (Wildman–Crippen LogP) is 7.11.